The fourth-order valence-electron chi connectivity index (χ4n) is 4.46. The highest BCUT2D eigenvalue weighted by Gasteiger charge is 2.29. The van der Waals surface area contributed by atoms with Crippen LogP contribution in [-0.2, 0) is 17.6 Å². The molecule has 2 aliphatic rings. The van der Waals surface area contributed by atoms with Crippen molar-refractivity contribution in [2.75, 3.05) is 32.8 Å². The number of hydrogen-bond donors (Lipinski definition) is 1. The van der Waals surface area contributed by atoms with Crippen LogP contribution in [-0.4, -0.2) is 53.4 Å². The molecular formula is C23H26N4O2S. The van der Waals surface area contributed by atoms with E-state index in [1.54, 1.807) is 11.3 Å². The van der Waals surface area contributed by atoms with E-state index in [0.29, 0.717) is 12.2 Å². The number of ether oxygens (including phenoxy) is 1. The maximum Gasteiger partial charge on any atom is 0.272 e. The molecule has 2 aromatic heterocycles. The van der Waals surface area contributed by atoms with Gasteiger partial charge in [0.1, 0.15) is 0 Å². The van der Waals surface area contributed by atoms with Gasteiger partial charge in [-0.3, -0.25) is 9.69 Å². The molecule has 1 fully saturated rings. The third-order valence-electron chi connectivity index (χ3n) is 5.96. The summed E-state index contributed by atoms with van der Waals surface area (Å²) in [7, 11) is 0. The topological polar surface area (TPSA) is 59.4 Å². The molecule has 156 valence electrons. The summed E-state index contributed by atoms with van der Waals surface area (Å²) in [4.78, 5) is 16.9. The van der Waals surface area contributed by atoms with Crippen molar-refractivity contribution in [3.8, 4) is 5.69 Å². The van der Waals surface area contributed by atoms with E-state index in [0.717, 1.165) is 56.8 Å². The smallest absolute Gasteiger partial charge is 0.272 e. The number of rotatable bonds is 6. The van der Waals surface area contributed by atoms with Crippen molar-refractivity contribution in [3.05, 3.63) is 69.7 Å². The zero-order valence-corrected chi connectivity index (χ0v) is 17.7. The largest absolute Gasteiger partial charge is 0.379 e. The molecule has 1 saturated heterocycles. The van der Waals surface area contributed by atoms with Crippen molar-refractivity contribution >= 4 is 17.2 Å². The Labute approximate surface area is 180 Å². The number of nitrogens with one attached hydrogen (secondary N) is 1. The predicted octanol–water partition coefficient (Wildman–Crippen LogP) is 3.23. The van der Waals surface area contributed by atoms with Crippen LogP contribution in [0, 0.1) is 0 Å². The average Bonchev–Trinajstić information content (AvgIpc) is 3.54. The number of fused-ring (bicyclic) bond motifs is 1. The summed E-state index contributed by atoms with van der Waals surface area (Å²) in [5.41, 5.74) is 3.88. The first-order valence-corrected chi connectivity index (χ1v) is 11.5. The van der Waals surface area contributed by atoms with Crippen LogP contribution in [0.5, 0.6) is 0 Å². The van der Waals surface area contributed by atoms with Gasteiger partial charge in [0.25, 0.3) is 5.91 Å². The van der Waals surface area contributed by atoms with E-state index in [1.165, 1.54) is 10.6 Å². The molecule has 6 nitrogen and oxygen atoms in total. The van der Waals surface area contributed by atoms with Gasteiger partial charge in [0.2, 0.25) is 0 Å². The number of carbonyl (C=O) groups is 1. The lowest BCUT2D eigenvalue weighted by Crippen LogP contribution is -2.43. The molecular weight excluding hydrogens is 396 g/mol. The lowest BCUT2D eigenvalue weighted by molar-refractivity contribution is 0.0169. The van der Waals surface area contributed by atoms with Gasteiger partial charge < -0.3 is 10.1 Å². The highest BCUT2D eigenvalue weighted by Crippen LogP contribution is 2.29. The molecule has 3 heterocycles. The lowest BCUT2D eigenvalue weighted by atomic mass is 10.1. The monoisotopic (exact) mass is 422 g/mol. The molecule has 1 N–H and O–H groups in total. The minimum absolute atomic E-state index is 0.0716. The Hall–Kier alpha value is -2.48. The highest BCUT2D eigenvalue weighted by molar-refractivity contribution is 7.10. The Morgan fingerprint density at radius 2 is 1.97 bits per heavy atom. The van der Waals surface area contributed by atoms with E-state index >= 15 is 0 Å². The maximum absolute atomic E-state index is 13.2. The van der Waals surface area contributed by atoms with Crippen molar-refractivity contribution in [2.24, 2.45) is 0 Å². The molecule has 5 rings (SSSR count). The summed E-state index contributed by atoms with van der Waals surface area (Å²) >= 11 is 1.74. The molecule has 3 aromatic rings. The first kappa shape index (κ1) is 19.5. The van der Waals surface area contributed by atoms with Gasteiger partial charge in [-0.15, -0.1) is 11.3 Å². The number of benzene rings is 1. The van der Waals surface area contributed by atoms with Crippen LogP contribution in [0.25, 0.3) is 5.69 Å². The zero-order chi connectivity index (χ0) is 20.3. The number of amides is 1. The van der Waals surface area contributed by atoms with Crippen molar-refractivity contribution in [1.82, 2.24) is 20.0 Å². The summed E-state index contributed by atoms with van der Waals surface area (Å²) in [6.45, 7) is 3.83. The Kier molecular flexibility index (Phi) is 5.66. The Bertz CT molecular complexity index is 994. The van der Waals surface area contributed by atoms with Gasteiger partial charge in [-0.2, -0.15) is 5.10 Å². The Morgan fingerprint density at radius 1 is 1.13 bits per heavy atom. The summed E-state index contributed by atoms with van der Waals surface area (Å²) in [5, 5.41) is 10.0. The van der Waals surface area contributed by atoms with E-state index in [4.69, 9.17) is 9.84 Å². The van der Waals surface area contributed by atoms with E-state index in [-0.39, 0.29) is 11.9 Å². The van der Waals surface area contributed by atoms with Crippen molar-refractivity contribution < 1.29 is 9.53 Å². The SMILES string of the molecule is O=C(NCC(c1cccs1)N1CCOCC1)c1nn(-c2ccccc2)c2c1CCC2. The van der Waals surface area contributed by atoms with E-state index in [2.05, 4.69) is 27.7 Å². The second kappa shape index (κ2) is 8.71. The first-order chi connectivity index (χ1) is 14.8. The van der Waals surface area contributed by atoms with Gasteiger partial charge in [0, 0.05) is 35.8 Å². The molecule has 1 aliphatic carbocycles. The summed E-state index contributed by atoms with van der Waals surface area (Å²) in [5.74, 6) is -0.0716. The molecule has 30 heavy (non-hydrogen) atoms. The standard InChI is InChI=1S/C23H26N4O2S/c28-23(24-16-20(21-10-5-15-30-21)26-11-13-29-14-12-26)22-18-8-4-9-19(18)27(25-22)17-6-2-1-3-7-17/h1-3,5-7,10,15,20H,4,8-9,11-14,16H2,(H,24,28). The number of morpholine rings is 1. The molecule has 1 aromatic carbocycles. The number of carbonyl (C=O) groups excluding carboxylic acids is 1. The van der Waals surface area contributed by atoms with Gasteiger partial charge in [0.15, 0.2) is 5.69 Å². The fraction of sp³-hybridized carbons (Fsp3) is 0.391. The number of thiophene rings is 1. The number of aromatic nitrogens is 2. The predicted molar refractivity (Wildman–Crippen MR) is 117 cm³/mol. The van der Waals surface area contributed by atoms with Crippen LogP contribution in [0.4, 0.5) is 0 Å². The van der Waals surface area contributed by atoms with Gasteiger partial charge in [-0.25, -0.2) is 4.68 Å². The van der Waals surface area contributed by atoms with Crippen LogP contribution < -0.4 is 5.32 Å². The number of nitrogens with zero attached hydrogens (tertiary/aromatic N) is 3. The molecule has 1 aliphatic heterocycles. The second-order valence-electron chi connectivity index (χ2n) is 7.76. The van der Waals surface area contributed by atoms with E-state index in [9.17, 15) is 4.79 Å². The van der Waals surface area contributed by atoms with Crippen LogP contribution in [0.15, 0.2) is 47.8 Å². The molecule has 0 saturated carbocycles. The summed E-state index contributed by atoms with van der Waals surface area (Å²) in [6, 6.07) is 14.5. The molecule has 0 radical (unpaired) electrons. The number of hydrogen-bond acceptors (Lipinski definition) is 5. The molecule has 1 atom stereocenters. The van der Waals surface area contributed by atoms with Gasteiger partial charge in [-0.05, 0) is 42.8 Å². The van der Waals surface area contributed by atoms with Gasteiger partial charge in [0.05, 0.1) is 24.9 Å². The fourth-order valence-corrected chi connectivity index (χ4v) is 5.32. The van der Waals surface area contributed by atoms with Gasteiger partial charge in [-0.1, -0.05) is 24.3 Å². The average molecular weight is 423 g/mol. The normalized spacial score (nSPS) is 17.6. The summed E-state index contributed by atoms with van der Waals surface area (Å²) in [6.07, 6.45) is 2.96. The maximum atomic E-state index is 13.2. The highest BCUT2D eigenvalue weighted by atomic mass is 32.1. The Balaban J connectivity index is 1.36. The minimum Gasteiger partial charge on any atom is -0.379 e. The van der Waals surface area contributed by atoms with Gasteiger partial charge >= 0.3 is 0 Å². The Morgan fingerprint density at radius 3 is 2.73 bits per heavy atom. The summed E-state index contributed by atoms with van der Waals surface area (Å²) < 4.78 is 7.47. The number of para-hydroxylation sites is 1. The van der Waals surface area contributed by atoms with Crippen molar-refractivity contribution in [1.29, 1.82) is 0 Å². The molecule has 7 heteroatoms. The zero-order valence-electron chi connectivity index (χ0n) is 16.9. The third kappa shape index (κ3) is 3.80. The quantitative estimate of drug-likeness (QED) is 0.663. The lowest BCUT2D eigenvalue weighted by Gasteiger charge is -2.34. The van der Waals surface area contributed by atoms with Crippen LogP contribution in [0.3, 0.4) is 0 Å². The van der Waals surface area contributed by atoms with Crippen LogP contribution in [0.1, 0.15) is 39.1 Å². The molecule has 1 unspecified atom stereocenters. The second-order valence-corrected chi connectivity index (χ2v) is 8.74. The van der Waals surface area contributed by atoms with Crippen molar-refractivity contribution in [2.45, 2.75) is 25.3 Å². The third-order valence-corrected chi connectivity index (χ3v) is 6.93. The first-order valence-electron chi connectivity index (χ1n) is 10.6. The molecule has 0 spiro atoms. The van der Waals surface area contributed by atoms with E-state index in [1.807, 2.05) is 35.0 Å². The minimum atomic E-state index is -0.0716. The van der Waals surface area contributed by atoms with Crippen LogP contribution in [0.2, 0.25) is 0 Å². The molecule has 0 bridgehead atoms. The van der Waals surface area contributed by atoms with Crippen LogP contribution >= 0.6 is 11.3 Å². The van der Waals surface area contributed by atoms with E-state index < -0.39 is 0 Å². The molecule has 1 amide bonds. The van der Waals surface area contributed by atoms with Crippen molar-refractivity contribution in [3.63, 3.8) is 0 Å².